The number of rotatable bonds is 4. The lowest BCUT2D eigenvalue weighted by atomic mass is 10.0. The van der Waals surface area contributed by atoms with Crippen LogP contribution in [0.4, 0.5) is 0 Å². The molecule has 2 aromatic carbocycles. The number of hydrogen-bond acceptors (Lipinski definition) is 3. The van der Waals surface area contributed by atoms with E-state index in [2.05, 4.69) is 23.7 Å². The lowest BCUT2D eigenvalue weighted by Gasteiger charge is -2.25. The first-order valence-electron chi connectivity index (χ1n) is 6.66. The number of halogens is 1. The van der Waals surface area contributed by atoms with Crippen LogP contribution in [0.2, 0.25) is 5.02 Å². The Morgan fingerprint density at radius 2 is 2.05 bits per heavy atom. The molecule has 3 rings (SSSR count). The predicted octanol–water partition coefficient (Wildman–Crippen LogP) is 4.60. The van der Waals surface area contributed by atoms with Gasteiger partial charge in [-0.25, -0.2) is 0 Å². The quantitative estimate of drug-likeness (QED) is 0.834. The summed E-state index contributed by atoms with van der Waals surface area (Å²) < 4.78 is 0. The molecule has 0 radical (unpaired) electrons. The molecule has 4 heteroatoms. The van der Waals surface area contributed by atoms with Gasteiger partial charge in [0, 0.05) is 9.92 Å². The Bertz CT molecular complexity index is 576. The molecule has 1 aliphatic heterocycles. The topological polar surface area (TPSA) is 21.3 Å². The Kier molecular flexibility index (Phi) is 4.63. The Hall–Kier alpha value is -1.00. The third-order valence-corrected chi connectivity index (χ3v) is 4.68. The van der Waals surface area contributed by atoms with Crippen molar-refractivity contribution >= 4 is 23.4 Å². The van der Waals surface area contributed by atoms with Crippen LogP contribution in [0, 0.1) is 0 Å². The summed E-state index contributed by atoms with van der Waals surface area (Å²) in [6.45, 7) is 0.570. The second-order valence-electron chi connectivity index (χ2n) is 4.76. The standard InChI is InChI=1S/C16H16ClNOS/c17-13-6-7-16-14(10-13)15(8-9-20-16)18-19-11-12-4-2-1-3-5-12/h1-7,10,15,18H,8-9,11H2. The average molecular weight is 306 g/mol. The van der Waals surface area contributed by atoms with Gasteiger partial charge in [0.25, 0.3) is 0 Å². The molecular weight excluding hydrogens is 290 g/mol. The molecule has 0 amide bonds. The van der Waals surface area contributed by atoms with E-state index in [1.54, 1.807) is 0 Å². The maximum Gasteiger partial charge on any atom is 0.0933 e. The number of benzene rings is 2. The summed E-state index contributed by atoms with van der Waals surface area (Å²) in [4.78, 5) is 6.95. The van der Waals surface area contributed by atoms with E-state index in [1.807, 2.05) is 42.1 Å². The molecule has 2 nitrogen and oxygen atoms in total. The van der Waals surface area contributed by atoms with E-state index in [-0.39, 0.29) is 6.04 Å². The van der Waals surface area contributed by atoms with Crippen LogP contribution in [0.3, 0.4) is 0 Å². The summed E-state index contributed by atoms with van der Waals surface area (Å²) in [5, 5.41) is 0.779. The number of hydroxylamine groups is 1. The van der Waals surface area contributed by atoms with E-state index < -0.39 is 0 Å². The highest BCUT2D eigenvalue weighted by atomic mass is 35.5. The SMILES string of the molecule is Clc1ccc2c(c1)C(NOCc1ccccc1)CCS2. The molecule has 1 aliphatic rings. The van der Waals surface area contributed by atoms with Gasteiger partial charge in [-0.05, 0) is 41.5 Å². The van der Waals surface area contributed by atoms with Crippen LogP contribution in [-0.4, -0.2) is 5.75 Å². The minimum Gasteiger partial charge on any atom is -0.296 e. The first kappa shape index (κ1) is 14.0. The summed E-state index contributed by atoms with van der Waals surface area (Å²) >= 11 is 7.97. The number of hydrogen-bond donors (Lipinski definition) is 1. The highest BCUT2D eigenvalue weighted by molar-refractivity contribution is 7.99. The van der Waals surface area contributed by atoms with Crippen molar-refractivity contribution in [3.05, 3.63) is 64.7 Å². The Morgan fingerprint density at radius 1 is 1.20 bits per heavy atom. The highest BCUT2D eigenvalue weighted by Crippen LogP contribution is 2.37. The van der Waals surface area contributed by atoms with Crippen molar-refractivity contribution in [2.45, 2.75) is 24.0 Å². The smallest absolute Gasteiger partial charge is 0.0933 e. The summed E-state index contributed by atoms with van der Waals surface area (Å²) in [5.41, 5.74) is 5.58. The molecule has 0 aromatic heterocycles. The van der Waals surface area contributed by atoms with E-state index in [1.165, 1.54) is 10.5 Å². The summed E-state index contributed by atoms with van der Waals surface area (Å²) in [5.74, 6) is 1.10. The molecular formula is C16H16ClNOS. The van der Waals surface area contributed by atoms with Crippen molar-refractivity contribution in [1.82, 2.24) is 5.48 Å². The maximum atomic E-state index is 6.09. The number of thioether (sulfide) groups is 1. The first-order chi connectivity index (χ1) is 9.83. The Balaban J connectivity index is 1.63. The summed E-state index contributed by atoms with van der Waals surface area (Å²) in [6.07, 6.45) is 1.05. The lowest BCUT2D eigenvalue weighted by molar-refractivity contribution is 0.00136. The average Bonchev–Trinajstić information content (AvgIpc) is 2.49. The van der Waals surface area contributed by atoms with Crippen LogP contribution in [0.1, 0.15) is 23.6 Å². The molecule has 0 saturated carbocycles. The van der Waals surface area contributed by atoms with E-state index in [9.17, 15) is 0 Å². The van der Waals surface area contributed by atoms with Gasteiger partial charge in [-0.1, -0.05) is 41.9 Å². The van der Waals surface area contributed by atoms with Crippen LogP contribution in [-0.2, 0) is 11.4 Å². The molecule has 0 bridgehead atoms. The van der Waals surface area contributed by atoms with Crippen LogP contribution in [0.5, 0.6) is 0 Å². The number of nitrogens with one attached hydrogen (secondary N) is 1. The normalized spacial score (nSPS) is 17.8. The summed E-state index contributed by atoms with van der Waals surface area (Å²) in [7, 11) is 0. The molecule has 0 spiro atoms. The fraction of sp³-hybridized carbons (Fsp3) is 0.250. The van der Waals surface area contributed by atoms with E-state index in [4.69, 9.17) is 16.4 Å². The zero-order valence-electron chi connectivity index (χ0n) is 11.0. The zero-order valence-corrected chi connectivity index (χ0v) is 12.6. The fourth-order valence-electron chi connectivity index (χ4n) is 2.29. The van der Waals surface area contributed by atoms with Gasteiger partial charge in [-0.3, -0.25) is 4.84 Å². The van der Waals surface area contributed by atoms with Crippen molar-refractivity contribution in [3.63, 3.8) is 0 Å². The van der Waals surface area contributed by atoms with E-state index >= 15 is 0 Å². The Labute approximate surface area is 128 Å². The maximum absolute atomic E-state index is 6.09. The molecule has 0 fully saturated rings. The van der Waals surface area contributed by atoms with Crippen molar-refractivity contribution in [2.24, 2.45) is 0 Å². The number of fused-ring (bicyclic) bond motifs is 1. The van der Waals surface area contributed by atoms with Crippen molar-refractivity contribution in [3.8, 4) is 0 Å². The van der Waals surface area contributed by atoms with Gasteiger partial charge in [0.15, 0.2) is 0 Å². The second kappa shape index (κ2) is 6.64. The monoisotopic (exact) mass is 305 g/mol. The van der Waals surface area contributed by atoms with Gasteiger partial charge < -0.3 is 0 Å². The van der Waals surface area contributed by atoms with Gasteiger partial charge in [0.05, 0.1) is 12.6 Å². The summed E-state index contributed by atoms with van der Waals surface area (Å²) in [6, 6.07) is 16.4. The minimum absolute atomic E-state index is 0.216. The molecule has 0 aliphatic carbocycles. The van der Waals surface area contributed by atoms with Crippen LogP contribution >= 0.6 is 23.4 Å². The third-order valence-electron chi connectivity index (χ3n) is 3.32. The van der Waals surface area contributed by atoms with Gasteiger partial charge in [0.1, 0.15) is 0 Å². The molecule has 1 N–H and O–H groups in total. The third kappa shape index (κ3) is 3.36. The Morgan fingerprint density at radius 3 is 2.90 bits per heavy atom. The molecule has 1 unspecified atom stereocenters. The van der Waals surface area contributed by atoms with Crippen molar-refractivity contribution in [2.75, 3.05) is 5.75 Å². The van der Waals surface area contributed by atoms with Crippen molar-refractivity contribution in [1.29, 1.82) is 0 Å². The van der Waals surface area contributed by atoms with Crippen LogP contribution in [0.15, 0.2) is 53.4 Å². The van der Waals surface area contributed by atoms with Crippen LogP contribution in [0.25, 0.3) is 0 Å². The highest BCUT2D eigenvalue weighted by Gasteiger charge is 2.20. The largest absolute Gasteiger partial charge is 0.296 e. The van der Waals surface area contributed by atoms with Crippen molar-refractivity contribution < 1.29 is 4.84 Å². The van der Waals surface area contributed by atoms with E-state index in [0.717, 1.165) is 22.8 Å². The minimum atomic E-state index is 0.216. The second-order valence-corrected chi connectivity index (χ2v) is 6.34. The van der Waals surface area contributed by atoms with Gasteiger partial charge >= 0.3 is 0 Å². The fourth-order valence-corrected chi connectivity index (χ4v) is 3.57. The molecule has 2 aromatic rings. The first-order valence-corrected chi connectivity index (χ1v) is 8.03. The molecule has 104 valence electrons. The predicted molar refractivity (Wildman–Crippen MR) is 83.9 cm³/mol. The van der Waals surface area contributed by atoms with Gasteiger partial charge in [-0.2, -0.15) is 5.48 Å². The molecule has 0 saturated heterocycles. The van der Waals surface area contributed by atoms with Crippen LogP contribution < -0.4 is 5.48 Å². The van der Waals surface area contributed by atoms with E-state index in [0.29, 0.717) is 6.61 Å². The molecule has 20 heavy (non-hydrogen) atoms. The van der Waals surface area contributed by atoms with Gasteiger partial charge in [0.2, 0.25) is 0 Å². The van der Waals surface area contributed by atoms with Gasteiger partial charge in [-0.15, -0.1) is 11.8 Å². The molecule has 1 heterocycles. The zero-order chi connectivity index (χ0) is 13.8. The molecule has 1 atom stereocenters. The lowest BCUT2D eigenvalue weighted by Crippen LogP contribution is -2.24.